The Labute approximate surface area is 92.8 Å². The van der Waals surface area contributed by atoms with Crippen molar-refractivity contribution in [2.75, 3.05) is 6.61 Å². The molecule has 1 aliphatic rings. The summed E-state index contributed by atoms with van der Waals surface area (Å²) in [6.45, 7) is 10.9. The van der Waals surface area contributed by atoms with Gasteiger partial charge in [0.15, 0.2) is 0 Å². The second kappa shape index (κ2) is 4.97. The molecule has 0 aliphatic carbocycles. The predicted octanol–water partition coefficient (Wildman–Crippen LogP) is 2.26. The second-order valence-corrected chi connectivity index (χ2v) is 5.17. The SMILES string of the molecule is CC(C)CC1OCC(C)N1C(=O)C(C)C. The third-order valence-electron chi connectivity index (χ3n) is 2.74. The monoisotopic (exact) mass is 213 g/mol. The fourth-order valence-electron chi connectivity index (χ4n) is 1.94. The van der Waals surface area contributed by atoms with Crippen molar-refractivity contribution in [2.24, 2.45) is 11.8 Å². The number of carbonyl (C=O) groups is 1. The Hall–Kier alpha value is -0.570. The molecule has 1 aliphatic heterocycles. The molecule has 2 atom stereocenters. The summed E-state index contributed by atoms with van der Waals surface area (Å²) in [5.74, 6) is 0.831. The van der Waals surface area contributed by atoms with Gasteiger partial charge in [0, 0.05) is 5.92 Å². The third-order valence-corrected chi connectivity index (χ3v) is 2.74. The molecule has 1 fully saturated rings. The highest BCUT2D eigenvalue weighted by molar-refractivity contribution is 5.78. The first kappa shape index (κ1) is 12.5. The number of hydrogen-bond donors (Lipinski definition) is 0. The predicted molar refractivity (Wildman–Crippen MR) is 60.3 cm³/mol. The molecule has 0 bridgehead atoms. The molecular weight excluding hydrogens is 190 g/mol. The van der Waals surface area contributed by atoms with E-state index in [9.17, 15) is 4.79 Å². The summed E-state index contributed by atoms with van der Waals surface area (Å²) in [4.78, 5) is 13.9. The van der Waals surface area contributed by atoms with Crippen LogP contribution >= 0.6 is 0 Å². The Morgan fingerprint density at radius 2 is 2.00 bits per heavy atom. The van der Waals surface area contributed by atoms with Crippen molar-refractivity contribution >= 4 is 5.91 Å². The van der Waals surface area contributed by atoms with E-state index in [1.807, 2.05) is 18.7 Å². The van der Waals surface area contributed by atoms with E-state index in [0.29, 0.717) is 12.5 Å². The number of nitrogens with zero attached hydrogens (tertiary/aromatic N) is 1. The zero-order chi connectivity index (χ0) is 11.6. The molecule has 1 saturated heterocycles. The van der Waals surface area contributed by atoms with Crippen molar-refractivity contribution in [3.63, 3.8) is 0 Å². The van der Waals surface area contributed by atoms with Gasteiger partial charge in [-0.15, -0.1) is 0 Å². The van der Waals surface area contributed by atoms with Crippen molar-refractivity contribution in [1.82, 2.24) is 4.90 Å². The van der Waals surface area contributed by atoms with Crippen LogP contribution in [0.25, 0.3) is 0 Å². The van der Waals surface area contributed by atoms with Crippen LogP contribution in [0.5, 0.6) is 0 Å². The van der Waals surface area contributed by atoms with Gasteiger partial charge in [0.2, 0.25) is 5.91 Å². The van der Waals surface area contributed by atoms with Crippen LogP contribution in [0.1, 0.15) is 41.0 Å². The Morgan fingerprint density at radius 3 is 2.47 bits per heavy atom. The molecule has 0 N–H and O–H groups in total. The zero-order valence-electron chi connectivity index (χ0n) is 10.5. The van der Waals surface area contributed by atoms with Gasteiger partial charge in [0.1, 0.15) is 6.23 Å². The molecule has 1 amide bonds. The van der Waals surface area contributed by atoms with E-state index >= 15 is 0 Å². The molecule has 1 rings (SSSR count). The standard InChI is InChI=1S/C12H23NO2/c1-8(2)6-11-13(10(5)7-15-11)12(14)9(3)4/h8-11H,6-7H2,1-5H3. The number of amides is 1. The number of ether oxygens (including phenoxy) is 1. The fourth-order valence-corrected chi connectivity index (χ4v) is 1.94. The summed E-state index contributed by atoms with van der Waals surface area (Å²) >= 11 is 0. The molecule has 0 spiro atoms. The summed E-state index contributed by atoms with van der Waals surface area (Å²) in [6.07, 6.45) is 0.929. The van der Waals surface area contributed by atoms with Crippen LogP contribution in [-0.4, -0.2) is 29.7 Å². The molecular formula is C12H23NO2. The average molecular weight is 213 g/mol. The Morgan fingerprint density at radius 1 is 1.40 bits per heavy atom. The van der Waals surface area contributed by atoms with Gasteiger partial charge in [-0.3, -0.25) is 4.79 Å². The average Bonchev–Trinajstić information content (AvgIpc) is 2.45. The fraction of sp³-hybridized carbons (Fsp3) is 0.917. The lowest BCUT2D eigenvalue weighted by Crippen LogP contribution is -2.43. The molecule has 0 saturated carbocycles. The molecule has 2 unspecified atom stereocenters. The van der Waals surface area contributed by atoms with E-state index < -0.39 is 0 Å². The van der Waals surface area contributed by atoms with Gasteiger partial charge in [-0.05, 0) is 19.3 Å². The quantitative estimate of drug-likeness (QED) is 0.719. The molecule has 1 heterocycles. The van der Waals surface area contributed by atoms with E-state index in [-0.39, 0.29) is 24.1 Å². The normalized spacial score (nSPS) is 26.7. The first-order valence-corrected chi connectivity index (χ1v) is 5.87. The van der Waals surface area contributed by atoms with E-state index in [2.05, 4.69) is 20.8 Å². The van der Waals surface area contributed by atoms with Gasteiger partial charge in [0.05, 0.1) is 12.6 Å². The summed E-state index contributed by atoms with van der Waals surface area (Å²) < 4.78 is 5.67. The number of hydrogen-bond acceptors (Lipinski definition) is 2. The van der Waals surface area contributed by atoms with Gasteiger partial charge in [-0.2, -0.15) is 0 Å². The van der Waals surface area contributed by atoms with Crippen LogP contribution < -0.4 is 0 Å². The highest BCUT2D eigenvalue weighted by Gasteiger charge is 2.36. The molecule has 0 aromatic heterocycles. The van der Waals surface area contributed by atoms with Crippen molar-refractivity contribution in [3.8, 4) is 0 Å². The van der Waals surface area contributed by atoms with Crippen LogP contribution in [0, 0.1) is 11.8 Å². The molecule has 0 aromatic rings. The van der Waals surface area contributed by atoms with Crippen molar-refractivity contribution in [2.45, 2.75) is 53.3 Å². The second-order valence-electron chi connectivity index (χ2n) is 5.17. The third kappa shape index (κ3) is 2.94. The summed E-state index contributed by atoms with van der Waals surface area (Å²) in [5.41, 5.74) is 0. The van der Waals surface area contributed by atoms with Crippen LogP contribution in [-0.2, 0) is 9.53 Å². The van der Waals surface area contributed by atoms with E-state index in [1.165, 1.54) is 0 Å². The Kier molecular flexibility index (Phi) is 4.14. The van der Waals surface area contributed by atoms with Crippen molar-refractivity contribution in [3.05, 3.63) is 0 Å². The van der Waals surface area contributed by atoms with Gasteiger partial charge < -0.3 is 9.64 Å². The summed E-state index contributed by atoms with van der Waals surface area (Å²) in [5, 5.41) is 0. The zero-order valence-corrected chi connectivity index (χ0v) is 10.5. The number of carbonyl (C=O) groups excluding carboxylic acids is 1. The molecule has 0 aromatic carbocycles. The molecule has 0 radical (unpaired) electrons. The minimum Gasteiger partial charge on any atom is -0.356 e. The van der Waals surface area contributed by atoms with Crippen molar-refractivity contribution in [1.29, 1.82) is 0 Å². The smallest absolute Gasteiger partial charge is 0.227 e. The van der Waals surface area contributed by atoms with Crippen molar-refractivity contribution < 1.29 is 9.53 Å². The topological polar surface area (TPSA) is 29.5 Å². The molecule has 3 nitrogen and oxygen atoms in total. The molecule has 3 heteroatoms. The molecule has 88 valence electrons. The first-order valence-electron chi connectivity index (χ1n) is 5.87. The Bertz CT molecular complexity index is 226. The Balaban J connectivity index is 2.68. The van der Waals surface area contributed by atoms with Crippen LogP contribution in [0.2, 0.25) is 0 Å². The van der Waals surface area contributed by atoms with Gasteiger partial charge in [0.25, 0.3) is 0 Å². The van der Waals surface area contributed by atoms with E-state index in [0.717, 1.165) is 6.42 Å². The van der Waals surface area contributed by atoms with Crippen LogP contribution in [0.15, 0.2) is 0 Å². The number of rotatable bonds is 3. The molecule has 15 heavy (non-hydrogen) atoms. The maximum atomic E-state index is 12.0. The van der Waals surface area contributed by atoms with Crippen LogP contribution in [0.3, 0.4) is 0 Å². The largest absolute Gasteiger partial charge is 0.356 e. The lowest BCUT2D eigenvalue weighted by atomic mass is 10.1. The maximum Gasteiger partial charge on any atom is 0.227 e. The van der Waals surface area contributed by atoms with Crippen LogP contribution in [0.4, 0.5) is 0 Å². The van der Waals surface area contributed by atoms with E-state index in [4.69, 9.17) is 4.74 Å². The maximum absolute atomic E-state index is 12.0. The minimum atomic E-state index is -0.00472. The highest BCUT2D eigenvalue weighted by Crippen LogP contribution is 2.24. The summed E-state index contributed by atoms with van der Waals surface area (Å²) in [7, 11) is 0. The first-order chi connectivity index (χ1) is 6.93. The van der Waals surface area contributed by atoms with Gasteiger partial charge in [-0.1, -0.05) is 27.7 Å². The van der Waals surface area contributed by atoms with E-state index in [1.54, 1.807) is 0 Å². The van der Waals surface area contributed by atoms with Gasteiger partial charge in [-0.25, -0.2) is 0 Å². The minimum absolute atomic E-state index is 0.00472. The highest BCUT2D eigenvalue weighted by atomic mass is 16.5. The summed E-state index contributed by atoms with van der Waals surface area (Å²) in [6, 6.07) is 0.226. The van der Waals surface area contributed by atoms with Gasteiger partial charge >= 0.3 is 0 Å². The lowest BCUT2D eigenvalue weighted by molar-refractivity contribution is -0.141. The lowest BCUT2D eigenvalue weighted by Gasteiger charge is -2.29.